The third-order valence-electron chi connectivity index (χ3n) is 5.65. The molecule has 32 heavy (non-hydrogen) atoms. The van der Waals surface area contributed by atoms with E-state index in [2.05, 4.69) is 32.2 Å². The van der Waals surface area contributed by atoms with Gasteiger partial charge in [-0.3, -0.25) is 9.59 Å². The van der Waals surface area contributed by atoms with Crippen LogP contribution in [0.4, 0.5) is 8.78 Å². The van der Waals surface area contributed by atoms with Gasteiger partial charge in [-0.1, -0.05) is 38.5 Å². The Bertz CT molecular complexity index is 993. The van der Waals surface area contributed by atoms with Crippen LogP contribution in [-0.4, -0.2) is 42.5 Å². The van der Waals surface area contributed by atoms with E-state index in [0.29, 0.717) is 37.7 Å². The zero-order valence-electron chi connectivity index (χ0n) is 19.0. The summed E-state index contributed by atoms with van der Waals surface area (Å²) in [6, 6.07) is 8.65. The summed E-state index contributed by atoms with van der Waals surface area (Å²) in [5.74, 6) is -1.60. The third-order valence-corrected chi connectivity index (χ3v) is 5.65. The predicted molar refractivity (Wildman–Crippen MR) is 119 cm³/mol. The Morgan fingerprint density at radius 1 is 1.09 bits per heavy atom. The van der Waals surface area contributed by atoms with Crippen LogP contribution in [0.2, 0.25) is 0 Å². The van der Waals surface area contributed by atoms with E-state index in [-0.39, 0.29) is 29.5 Å². The summed E-state index contributed by atoms with van der Waals surface area (Å²) >= 11 is 0. The Labute approximate surface area is 187 Å². The second kappa shape index (κ2) is 9.67. The van der Waals surface area contributed by atoms with E-state index in [4.69, 9.17) is 4.74 Å². The molecule has 0 radical (unpaired) electrons. The van der Waals surface area contributed by atoms with Crippen molar-refractivity contribution < 1.29 is 23.1 Å². The molecule has 7 heteroatoms. The zero-order chi connectivity index (χ0) is 23.5. The van der Waals surface area contributed by atoms with Gasteiger partial charge in [0.1, 0.15) is 17.4 Å². The molecule has 1 fully saturated rings. The first-order valence-corrected chi connectivity index (χ1v) is 10.8. The number of benzene rings is 2. The van der Waals surface area contributed by atoms with Crippen LogP contribution < -0.4 is 10.1 Å². The minimum absolute atomic E-state index is 0.0516. The molecule has 0 unspecified atom stereocenters. The number of carbonyl (C=O) groups excluding carboxylic acids is 2. The maximum absolute atomic E-state index is 13.8. The molecule has 172 valence electrons. The molecule has 0 aromatic heterocycles. The number of rotatable bonds is 5. The van der Waals surface area contributed by atoms with Crippen LogP contribution in [0.3, 0.4) is 0 Å². The summed E-state index contributed by atoms with van der Waals surface area (Å²) < 4.78 is 32.7. The van der Waals surface area contributed by atoms with Crippen LogP contribution in [0.15, 0.2) is 36.4 Å². The SMILES string of the molecule is Cc1ccc(OCC(=O)N2CCC(NC(=O)c3ccc(F)cc3F)CC2)c(C(C)(C)C)c1. The van der Waals surface area contributed by atoms with Crippen molar-refractivity contribution in [3.8, 4) is 5.75 Å². The van der Waals surface area contributed by atoms with E-state index in [9.17, 15) is 18.4 Å². The quantitative estimate of drug-likeness (QED) is 0.745. The number of hydrogen-bond acceptors (Lipinski definition) is 3. The van der Waals surface area contributed by atoms with Crippen molar-refractivity contribution >= 4 is 11.8 Å². The molecular formula is C25H30F2N2O3. The zero-order valence-corrected chi connectivity index (χ0v) is 19.0. The number of hydrogen-bond donors (Lipinski definition) is 1. The Morgan fingerprint density at radius 2 is 1.78 bits per heavy atom. The highest BCUT2D eigenvalue weighted by molar-refractivity contribution is 5.94. The predicted octanol–water partition coefficient (Wildman–Crippen LogP) is 4.37. The normalized spacial score (nSPS) is 14.9. The number of halogens is 2. The standard InChI is InChI=1S/C25H30F2N2O3/c1-16-5-8-22(20(13-16)25(2,3)4)32-15-23(30)29-11-9-18(10-12-29)28-24(31)19-7-6-17(26)14-21(19)27/h5-8,13-14,18H,9-12,15H2,1-4H3,(H,28,31). The highest BCUT2D eigenvalue weighted by atomic mass is 19.1. The third kappa shape index (κ3) is 5.84. The molecule has 2 aromatic carbocycles. The molecule has 0 bridgehead atoms. The van der Waals surface area contributed by atoms with E-state index in [1.54, 1.807) is 4.90 Å². The number of nitrogens with one attached hydrogen (secondary N) is 1. The van der Waals surface area contributed by atoms with E-state index >= 15 is 0 Å². The summed E-state index contributed by atoms with van der Waals surface area (Å²) in [5, 5.41) is 2.77. The van der Waals surface area contributed by atoms with Crippen molar-refractivity contribution in [2.75, 3.05) is 19.7 Å². The average molecular weight is 445 g/mol. The summed E-state index contributed by atoms with van der Waals surface area (Å²) in [4.78, 5) is 26.7. The van der Waals surface area contributed by atoms with E-state index in [1.807, 2.05) is 19.1 Å². The molecule has 1 N–H and O–H groups in total. The summed E-state index contributed by atoms with van der Waals surface area (Å²) in [6.07, 6.45) is 1.11. The molecule has 3 rings (SSSR count). The fourth-order valence-corrected chi connectivity index (χ4v) is 3.80. The Hall–Kier alpha value is -2.96. The van der Waals surface area contributed by atoms with Crippen LogP contribution >= 0.6 is 0 Å². The van der Waals surface area contributed by atoms with E-state index < -0.39 is 17.5 Å². The van der Waals surface area contributed by atoms with Crippen molar-refractivity contribution in [2.24, 2.45) is 0 Å². The summed E-state index contributed by atoms with van der Waals surface area (Å²) in [6.45, 7) is 9.23. The monoisotopic (exact) mass is 444 g/mol. The maximum Gasteiger partial charge on any atom is 0.260 e. The lowest BCUT2D eigenvalue weighted by molar-refractivity contribution is -0.134. The molecular weight excluding hydrogens is 414 g/mol. The molecule has 1 aliphatic heterocycles. The van der Waals surface area contributed by atoms with Gasteiger partial charge in [-0.2, -0.15) is 0 Å². The Morgan fingerprint density at radius 3 is 2.41 bits per heavy atom. The average Bonchev–Trinajstić information content (AvgIpc) is 2.72. The van der Waals surface area contributed by atoms with Gasteiger partial charge in [0.15, 0.2) is 6.61 Å². The fourth-order valence-electron chi connectivity index (χ4n) is 3.80. The van der Waals surface area contributed by atoms with Gasteiger partial charge >= 0.3 is 0 Å². The molecule has 0 atom stereocenters. The van der Waals surface area contributed by atoms with Crippen molar-refractivity contribution in [1.82, 2.24) is 10.2 Å². The number of amides is 2. The highest BCUT2D eigenvalue weighted by Gasteiger charge is 2.26. The van der Waals surface area contributed by atoms with Gasteiger partial charge in [0.05, 0.1) is 5.56 Å². The number of carbonyl (C=O) groups is 2. The number of nitrogens with zero attached hydrogens (tertiary/aromatic N) is 1. The van der Waals surface area contributed by atoms with Crippen LogP contribution in [0.1, 0.15) is 55.1 Å². The number of piperidine rings is 1. The van der Waals surface area contributed by atoms with Crippen molar-refractivity contribution in [3.63, 3.8) is 0 Å². The van der Waals surface area contributed by atoms with E-state index in [0.717, 1.165) is 23.3 Å². The lowest BCUT2D eigenvalue weighted by Gasteiger charge is -2.32. The number of ether oxygens (including phenoxy) is 1. The van der Waals surface area contributed by atoms with E-state index in [1.165, 1.54) is 0 Å². The number of likely N-dealkylation sites (tertiary alicyclic amines) is 1. The second-order valence-electron chi connectivity index (χ2n) is 9.29. The molecule has 0 aliphatic carbocycles. The molecule has 1 saturated heterocycles. The van der Waals surface area contributed by atoms with Gasteiger partial charge in [0, 0.05) is 25.2 Å². The van der Waals surface area contributed by atoms with Gasteiger partial charge in [0.2, 0.25) is 0 Å². The molecule has 2 amide bonds. The first-order chi connectivity index (χ1) is 15.0. The van der Waals surface area contributed by atoms with Crippen molar-refractivity contribution in [2.45, 2.75) is 52.0 Å². The first kappa shape index (κ1) is 23.7. The van der Waals surface area contributed by atoms with Gasteiger partial charge in [-0.25, -0.2) is 8.78 Å². The Balaban J connectivity index is 1.51. The van der Waals surface area contributed by atoms with Gasteiger partial charge in [-0.15, -0.1) is 0 Å². The maximum atomic E-state index is 13.8. The fraction of sp³-hybridized carbons (Fsp3) is 0.440. The molecule has 0 spiro atoms. The Kier molecular flexibility index (Phi) is 7.16. The van der Waals surface area contributed by atoms with Crippen LogP contribution in [-0.2, 0) is 10.2 Å². The number of aryl methyl sites for hydroxylation is 1. The van der Waals surface area contributed by atoms with Gasteiger partial charge in [0.25, 0.3) is 11.8 Å². The van der Waals surface area contributed by atoms with Gasteiger partial charge in [-0.05, 0) is 48.9 Å². The van der Waals surface area contributed by atoms with Crippen LogP contribution in [0.5, 0.6) is 5.75 Å². The summed E-state index contributed by atoms with van der Waals surface area (Å²) in [5.41, 5.74) is 1.90. The van der Waals surface area contributed by atoms with Crippen molar-refractivity contribution in [3.05, 3.63) is 64.7 Å². The molecule has 2 aromatic rings. The van der Waals surface area contributed by atoms with Crippen molar-refractivity contribution in [1.29, 1.82) is 0 Å². The molecule has 0 saturated carbocycles. The second-order valence-corrected chi connectivity index (χ2v) is 9.29. The smallest absolute Gasteiger partial charge is 0.260 e. The lowest BCUT2D eigenvalue weighted by atomic mass is 9.85. The minimum Gasteiger partial charge on any atom is -0.483 e. The topological polar surface area (TPSA) is 58.6 Å². The highest BCUT2D eigenvalue weighted by Crippen LogP contribution is 2.32. The van der Waals surface area contributed by atoms with Gasteiger partial charge < -0.3 is 15.0 Å². The molecule has 1 aliphatic rings. The molecule has 1 heterocycles. The van der Waals surface area contributed by atoms with Crippen LogP contribution in [0, 0.1) is 18.6 Å². The van der Waals surface area contributed by atoms with Crippen LogP contribution in [0.25, 0.3) is 0 Å². The largest absolute Gasteiger partial charge is 0.483 e. The summed E-state index contributed by atoms with van der Waals surface area (Å²) in [7, 11) is 0. The molecule has 5 nitrogen and oxygen atoms in total. The lowest BCUT2D eigenvalue weighted by Crippen LogP contribution is -2.47. The first-order valence-electron chi connectivity index (χ1n) is 10.8. The minimum atomic E-state index is -0.891.